The lowest BCUT2D eigenvalue weighted by Gasteiger charge is -2.11. The molecule has 0 unspecified atom stereocenters. The molecule has 0 atom stereocenters. The molecule has 0 aliphatic carbocycles. The molecule has 4 rings (SSSR count). The Hall–Kier alpha value is -4.27. The fourth-order valence-electron chi connectivity index (χ4n) is 3.21. The Kier molecular flexibility index (Phi) is 5.80. The van der Waals surface area contributed by atoms with Gasteiger partial charge in [-0.2, -0.15) is 5.10 Å². The third kappa shape index (κ3) is 4.27. The number of nitrogens with zero attached hydrogens (tertiary/aromatic N) is 3. The molecule has 1 N–H and O–H groups in total. The first kappa shape index (κ1) is 21.0. The van der Waals surface area contributed by atoms with E-state index in [-0.39, 0.29) is 18.7 Å². The van der Waals surface area contributed by atoms with Gasteiger partial charge in [0.25, 0.3) is 5.56 Å². The molecule has 0 saturated heterocycles. The van der Waals surface area contributed by atoms with Gasteiger partial charge in [-0.15, -0.1) is 0 Å². The zero-order valence-corrected chi connectivity index (χ0v) is 17.0. The highest BCUT2D eigenvalue weighted by Crippen LogP contribution is 2.27. The highest BCUT2D eigenvalue weighted by molar-refractivity contribution is 5.88. The maximum Gasteiger partial charge on any atom is 0.338 e. The fourth-order valence-corrected chi connectivity index (χ4v) is 3.21. The Morgan fingerprint density at radius 1 is 1.12 bits per heavy atom. The predicted octanol–water partition coefficient (Wildman–Crippen LogP) is 3.38. The quantitative estimate of drug-likeness (QED) is 0.475. The van der Waals surface area contributed by atoms with Crippen molar-refractivity contribution in [2.75, 3.05) is 13.7 Å². The van der Waals surface area contributed by atoms with Gasteiger partial charge in [0.15, 0.2) is 0 Å². The first-order valence-corrected chi connectivity index (χ1v) is 9.63. The van der Waals surface area contributed by atoms with Crippen LogP contribution >= 0.6 is 0 Å². The second kappa shape index (κ2) is 8.84. The molecule has 8 nitrogen and oxygen atoms in total. The number of carboxylic acid groups (broad SMARTS) is 1. The van der Waals surface area contributed by atoms with Crippen molar-refractivity contribution in [2.45, 2.75) is 6.54 Å². The maximum absolute atomic E-state index is 14.0. The lowest BCUT2D eigenvalue weighted by Crippen LogP contribution is -2.25. The lowest BCUT2D eigenvalue weighted by molar-refractivity contribution is 0.0692. The van der Waals surface area contributed by atoms with Gasteiger partial charge in [-0.3, -0.25) is 9.78 Å². The van der Waals surface area contributed by atoms with Crippen LogP contribution in [0.1, 0.15) is 10.4 Å². The van der Waals surface area contributed by atoms with E-state index in [0.717, 1.165) is 17.5 Å². The third-order valence-electron chi connectivity index (χ3n) is 4.83. The highest BCUT2D eigenvalue weighted by Gasteiger charge is 2.13. The van der Waals surface area contributed by atoms with E-state index in [2.05, 4.69) is 10.1 Å². The summed E-state index contributed by atoms with van der Waals surface area (Å²) >= 11 is 0. The number of hydrogen-bond acceptors (Lipinski definition) is 6. The Morgan fingerprint density at radius 3 is 2.72 bits per heavy atom. The summed E-state index contributed by atoms with van der Waals surface area (Å²) in [4.78, 5) is 27.5. The average Bonchev–Trinajstić information content (AvgIpc) is 2.79. The largest absolute Gasteiger partial charge is 0.497 e. The summed E-state index contributed by atoms with van der Waals surface area (Å²) in [6, 6.07) is 13.6. The summed E-state index contributed by atoms with van der Waals surface area (Å²) < 4.78 is 26.3. The van der Waals surface area contributed by atoms with Crippen LogP contribution < -0.4 is 15.0 Å². The number of rotatable bonds is 7. The number of carbonyl (C=O) groups is 1. The number of halogens is 1. The normalized spacial score (nSPS) is 10.8. The third-order valence-corrected chi connectivity index (χ3v) is 4.83. The number of aromatic carboxylic acids is 1. The molecule has 0 saturated carbocycles. The van der Waals surface area contributed by atoms with Crippen molar-refractivity contribution in [3.63, 3.8) is 0 Å². The number of fused-ring (bicyclic) bond motifs is 1. The number of benzene rings is 2. The molecule has 162 valence electrons. The highest BCUT2D eigenvalue weighted by atomic mass is 19.1. The van der Waals surface area contributed by atoms with E-state index < -0.39 is 17.3 Å². The first-order chi connectivity index (χ1) is 15.5. The fraction of sp³-hybridized carbons (Fsp3) is 0.130. The van der Waals surface area contributed by atoms with Gasteiger partial charge in [0.05, 0.1) is 30.4 Å². The van der Waals surface area contributed by atoms with Crippen molar-refractivity contribution in [3.05, 3.63) is 82.5 Å². The molecule has 0 aliphatic heterocycles. The number of hydrogen-bond donors (Lipinski definition) is 1. The van der Waals surface area contributed by atoms with Gasteiger partial charge in [0.2, 0.25) is 0 Å². The number of aromatic nitrogens is 3. The van der Waals surface area contributed by atoms with Gasteiger partial charge in [0.1, 0.15) is 23.9 Å². The number of carboxylic acids is 1. The van der Waals surface area contributed by atoms with E-state index in [1.54, 1.807) is 31.5 Å². The lowest BCUT2D eigenvalue weighted by atomic mass is 10.1. The molecule has 32 heavy (non-hydrogen) atoms. The van der Waals surface area contributed by atoms with Gasteiger partial charge in [-0.25, -0.2) is 13.9 Å². The van der Waals surface area contributed by atoms with Gasteiger partial charge in [-0.05, 0) is 36.4 Å². The number of pyridine rings is 1. The summed E-state index contributed by atoms with van der Waals surface area (Å²) in [5.41, 5.74) is 0.631. The molecule has 0 bridgehead atoms. The molecular weight excluding hydrogens is 417 g/mol. The minimum Gasteiger partial charge on any atom is -0.497 e. The van der Waals surface area contributed by atoms with Gasteiger partial charge in [0, 0.05) is 29.3 Å². The molecule has 2 heterocycles. The summed E-state index contributed by atoms with van der Waals surface area (Å²) in [6.45, 7) is 0.316. The van der Waals surface area contributed by atoms with Crippen molar-refractivity contribution >= 4 is 16.9 Å². The van der Waals surface area contributed by atoms with E-state index in [1.165, 1.54) is 22.9 Å². The van der Waals surface area contributed by atoms with Gasteiger partial charge >= 0.3 is 5.97 Å². The molecular formula is C23H18FN3O5. The van der Waals surface area contributed by atoms with Crippen molar-refractivity contribution in [3.8, 4) is 22.8 Å². The van der Waals surface area contributed by atoms with Crippen molar-refractivity contribution in [2.24, 2.45) is 0 Å². The summed E-state index contributed by atoms with van der Waals surface area (Å²) in [7, 11) is 1.58. The molecule has 0 radical (unpaired) electrons. The van der Waals surface area contributed by atoms with E-state index in [0.29, 0.717) is 28.3 Å². The summed E-state index contributed by atoms with van der Waals surface area (Å²) in [5.74, 6) is -0.944. The predicted molar refractivity (Wildman–Crippen MR) is 115 cm³/mol. The standard InChI is InChI=1S/C23H18FN3O5/c1-31-15-3-5-17-20(13-15)25-9-8-21(17)32-11-10-27-22(28)7-6-19(26-27)14-2-4-16(23(29)30)18(24)12-14/h2-9,12-13H,10-11H2,1H3,(H,29,30). The van der Waals surface area contributed by atoms with Crippen LogP contribution in [0.15, 0.2) is 65.6 Å². The maximum atomic E-state index is 14.0. The second-order valence-electron chi connectivity index (χ2n) is 6.82. The monoisotopic (exact) mass is 435 g/mol. The smallest absolute Gasteiger partial charge is 0.338 e. The van der Waals surface area contributed by atoms with Crippen LogP contribution in [0, 0.1) is 5.82 Å². The van der Waals surface area contributed by atoms with Crippen molar-refractivity contribution in [1.29, 1.82) is 0 Å². The molecule has 2 aromatic carbocycles. The number of methoxy groups -OCH3 is 1. The molecule has 2 aromatic heterocycles. The van der Waals surface area contributed by atoms with Crippen LogP contribution in [0.5, 0.6) is 11.5 Å². The molecule has 9 heteroatoms. The molecule has 0 aliphatic rings. The molecule has 0 spiro atoms. The minimum absolute atomic E-state index is 0.155. The zero-order valence-electron chi connectivity index (χ0n) is 17.0. The van der Waals surface area contributed by atoms with Crippen LogP contribution in [0.3, 0.4) is 0 Å². The van der Waals surface area contributed by atoms with Crippen LogP contribution in [0.2, 0.25) is 0 Å². The van der Waals surface area contributed by atoms with E-state index >= 15 is 0 Å². The summed E-state index contributed by atoms with van der Waals surface area (Å²) in [5, 5.41) is 14.0. The second-order valence-corrected chi connectivity index (χ2v) is 6.82. The zero-order chi connectivity index (χ0) is 22.7. The molecule has 0 fully saturated rings. The van der Waals surface area contributed by atoms with Crippen LogP contribution in [-0.4, -0.2) is 39.6 Å². The minimum atomic E-state index is -1.36. The van der Waals surface area contributed by atoms with E-state index in [1.807, 2.05) is 6.07 Å². The molecule has 0 amide bonds. The Morgan fingerprint density at radius 2 is 1.97 bits per heavy atom. The van der Waals surface area contributed by atoms with Crippen molar-refractivity contribution in [1.82, 2.24) is 14.8 Å². The topological polar surface area (TPSA) is 104 Å². The van der Waals surface area contributed by atoms with Crippen LogP contribution in [-0.2, 0) is 6.54 Å². The molecule has 4 aromatic rings. The van der Waals surface area contributed by atoms with Crippen LogP contribution in [0.25, 0.3) is 22.2 Å². The van der Waals surface area contributed by atoms with Crippen LogP contribution in [0.4, 0.5) is 4.39 Å². The van der Waals surface area contributed by atoms with E-state index in [9.17, 15) is 14.0 Å². The SMILES string of the molecule is COc1ccc2c(OCCn3nc(-c4ccc(C(=O)O)c(F)c4)ccc3=O)ccnc2c1. The Balaban J connectivity index is 1.52. The number of ether oxygens (including phenoxy) is 2. The van der Waals surface area contributed by atoms with Gasteiger partial charge < -0.3 is 14.6 Å². The summed E-state index contributed by atoms with van der Waals surface area (Å²) in [6.07, 6.45) is 1.62. The average molecular weight is 435 g/mol. The Labute approximate surface area is 181 Å². The van der Waals surface area contributed by atoms with E-state index in [4.69, 9.17) is 14.6 Å². The Bertz CT molecular complexity index is 1370. The van der Waals surface area contributed by atoms with Crippen molar-refractivity contribution < 1.29 is 23.8 Å². The van der Waals surface area contributed by atoms with Gasteiger partial charge in [-0.1, -0.05) is 6.07 Å². The first-order valence-electron chi connectivity index (χ1n) is 9.63.